The number of fused-ring (bicyclic) bond motifs is 1. The first-order valence-corrected chi connectivity index (χ1v) is 14.3. The normalized spacial score (nSPS) is 24.4. The predicted molar refractivity (Wildman–Crippen MR) is 154 cm³/mol. The van der Waals surface area contributed by atoms with Crippen LogP contribution in [0.3, 0.4) is 0 Å². The number of benzene rings is 3. The highest BCUT2D eigenvalue weighted by atomic mass is 32.2. The zero-order chi connectivity index (χ0) is 28.3. The van der Waals surface area contributed by atoms with Crippen LogP contribution in [0.15, 0.2) is 104 Å². The van der Waals surface area contributed by atoms with Gasteiger partial charge in [-0.3, -0.25) is 9.59 Å². The predicted octanol–water partition coefficient (Wildman–Crippen LogP) is 3.88. The molecule has 2 fully saturated rings. The van der Waals surface area contributed by atoms with E-state index >= 15 is 0 Å². The molecule has 40 heavy (non-hydrogen) atoms. The molecule has 8 heteroatoms. The van der Waals surface area contributed by atoms with Crippen LogP contribution in [-0.2, 0) is 25.5 Å². The van der Waals surface area contributed by atoms with Crippen LogP contribution in [0.25, 0.3) is 0 Å². The van der Waals surface area contributed by atoms with Gasteiger partial charge in [0, 0.05) is 11.7 Å². The lowest BCUT2D eigenvalue weighted by Gasteiger charge is -2.58. The van der Waals surface area contributed by atoms with E-state index in [1.54, 1.807) is 13.0 Å². The summed E-state index contributed by atoms with van der Waals surface area (Å²) in [6, 6.07) is 25.9. The Balaban J connectivity index is 1.40. The van der Waals surface area contributed by atoms with Gasteiger partial charge in [0.15, 0.2) is 12.1 Å². The second-order valence-corrected chi connectivity index (χ2v) is 11.3. The Kier molecular flexibility index (Phi) is 8.09. The lowest BCUT2D eigenvalue weighted by atomic mass is 9.80. The summed E-state index contributed by atoms with van der Waals surface area (Å²) in [5, 5.41) is 14.2. The number of amides is 2. The Morgan fingerprint density at radius 2 is 1.60 bits per heavy atom. The van der Waals surface area contributed by atoms with Crippen molar-refractivity contribution in [3.8, 4) is 0 Å². The summed E-state index contributed by atoms with van der Waals surface area (Å²) < 4.78 is 6.12. The molecule has 2 heterocycles. The number of nitrogens with zero attached hydrogens (tertiary/aromatic N) is 1. The number of thioether (sulfide) groups is 1. The number of β-lactam (4-membered cyclic amide) rings is 1. The average Bonchev–Trinajstić information content (AvgIpc) is 2.99. The molecule has 0 radical (unpaired) electrons. The number of hydrogen-bond donors (Lipinski definition) is 2. The molecule has 2 aliphatic heterocycles. The van der Waals surface area contributed by atoms with Crippen molar-refractivity contribution >= 4 is 29.5 Å². The largest absolute Gasteiger partial charge is 0.451 e. The van der Waals surface area contributed by atoms with Crippen molar-refractivity contribution in [2.45, 2.75) is 42.5 Å². The number of rotatable bonds is 9. The van der Waals surface area contributed by atoms with Gasteiger partial charge in [0.1, 0.15) is 17.0 Å². The number of hydrogen-bond acceptors (Lipinski definition) is 6. The van der Waals surface area contributed by atoms with Crippen molar-refractivity contribution in [2.24, 2.45) is 5.92 Å². The van der Waals surface area contributed by atoms with E-state index in [-0.39, 0.29) is 18.1 Å². The summed E-state index contributed by atoms with van der Waals surface area (Å²) in [7, 11) is 0. The molecule has 3 aromatic rings. The highest BCUT2D eigenvalue weighted by Gasteiger charge is 2.64. The molecule has 206 valence electrons. The van der Waals surface area contributed by atoms with Crippen molar-refractivity contribution in [1.29, 1.82) is 0 Å². The van der Waals surface area contributed by atoms with Crippen LogP contribution in [0.2, 0.25) is 0 Å². The molecule has 0 bridgehead atoms. The molecule has 5 rings (SSSR count). The molecule has 2 amide bonds. The van der Waals surface area contributed by atoms with E-state index in [1.807, 2.05) is 91.0 Å². The molecule has 2 N–H and O–H groups in total. The molecule has 7 nitrogen and oxygen atoms in total. The van der Waals surface area contributed by atoms with E-state index in [4.69, 9.17) is 4.74 Å². The quantitative estimate of drug-likeness (QED) is 0.236. The first kappa shape index (κ1) is 27.7. The number of carbonyl (C=O) groups is 3. The first-order valence-electron chi connectivity index (χ1n) is 13.3. The van der Waals surface area contributed by atoms with Crippen LogP contribution in [0.5, 0.6) is 0 Å². The van der Waals surface area contributed by atoms with Gasteiger partial charge >= 0.3 is 5.97 Å². The van der Waals surface area contributed by atoms with Crippen LogP contribution < -0.4 is 5.32 Å². The summed E-state index contributed by atoms with van der Waals surface area (Å²) in [5.41, 5.74) is 0.769. The van der Waals surface area contributed by atoms with E-state index in [1.165, 1.54) is 16.7 Å². The smallest absolute Gasteiger partial charge is 0.332 e. The van der Waals surface area contributed by atoms with Gasteiger partial charge < -0.3 is 20.1 Å². The minimum absolute atomic E-state index is 0.140. The Morgan fingerprint density at radius 3 is 2.15 bits per heavy atom. The maximum atomic E-state index is 14.0. The van der Waals surface area contributed by atoms with Crippen LogP contribution in [-0.4, -0.2) is 56.6 Å². The van der Waals surface area contributed by atoms with Gasteiger partial charge in [0.25, 0.3) is 0 Å². The van der Waals surface area contributed by atoms with E-state index in [0.29, 0.717) is 0 Å². The van der Waals surface area contributed by atoms with Crippen LogP contribution >= 0.6 is 11.8 Å². The van der Waals surface area contributed by atoms with Gasteiger partial charge in [-0.2, -0.15) is 0 Å². The lowest BCUT2D eigenvalue weighted by Crippen LogP contribution is -2.80. The first-order chi connectivity index (χ1) is 19.3. The Bertz CT molecular complexity index is 1330. The highest BCUT2D eigenvalue weighted by molar-refractivity contribution is 8.00. The fourth-order valence-corrected chi connectivity index (χ4v) is 6.90. The third-order valence-corrected chi connectivity index (χ3v) is 9.11. The molecule has 2 saturated heterocycles. The molecule has 2 aliphatic rings. The van der Waals surface area contributed by atoms with Gasteiger partial charge in [0.05, 0.1) is 6.42 Å². The topological polar surface area (TPSA) is 95.9 Å². The van der Waals surface area contributed by atoms with Crippen LogP contribution in [0, 0.1) is 5.92 Å². The number of aliphatic hydroxyl groups is 1. The van der Waals surface area contributed by atoms with Crippen molar-refractivity contribution in [3.05, 3.63) is 120 Å². The summed E-state index contributed by atoms with van der Waals surface area (Å²) in [6.07, 6.45) is 0.987. The monoisotopic (exact) mass is 556 g/mol. The van der Waals surface area contributed by atoms with Gasteiger partial charge in [0.2, 0.25) is 11.8 Å². The molecular weight excluding hydrogens is 524 g/mol. The Labute approximate surface area is 238 Å². The van der Waals surface area contributed by atoms with Gasteiger partial charge in [-0.15, -0.1) is 18.3 Å². The number of nitrogens with one attached hydrogen (secondary N) is 1. The number of ether oxygens (including phenoxy) is 1. The van der Waals surface area contributed by atoms with Gasteiger partial charge in [-0.05, 0) is 16.7 Å². The molecule has 5 atom stereocenters. The molecule has 0 aliphatic carbocycles. The summed E-state index contributed by atoms with van der Waals surface area (Å²) in [6.45, 7) is 5.59. The molecule has 1 unspecified atom stereocenters. The summed E-state index contributed by atoms with van der Waals surface area (Å²) in [5.74, 6) is -1.75. The molecule has 0 spiro atoms. The SMILES string of the molecule is C=CC(C)[C@]1(O)CS[C@@H]2[C@H](NC(=O)Cc3ccccc3)C(=O)N2[C@H]1C(=O)OC(c1ccccc1)c1ccccc1. The lowest BCUT2D eigenvalue weighted by molar-refractivity contribution is -0.184. The van der Waals surface area contributed by atoms with Crippen LogP contribution in [0.4, 0.5) is 0 Å². The third-order valence-electron chi connectivity index (χ3n) is 7.64. The van der Waals surface area contributed by atoms with Crippen LogP contribution in [0.1, 0.15) is 29.7 Å². The second kappa shape index (κ2) is 11.7. The standard InChI is InChI=1S/C32H32N2O5S/c1-3-21(2)32(38)20-40-30-26(33-25(35)19-22-13-7-4-8-14-22)29(36)34(30)28(32)31(37)39-27(23-15-9-5-10-16-23)24-17-11-6-12-18-24/h3-18,21,26-28,30,38H,1,19-20H2,2H3,(H,33,35)/t21?,26-,28+,30-,32-/m1/s1. The van der Waals surface area contributed by atoms with Crippen molar-refractivity contribution in [1.82, 2.24) is 10.2 Å². The highest BCUT2D eigenvalue weighted by Crippen LogP contribution is 2.46. The number of carbonyl (C=O) groups excluding carboxylic acids is 3. The molecule has 0 saturated carbocycles. The van der Waals surface area contributed by atoms with Crippen molar-refractivity contribution in [2.75, 3.05) is 5.75 Å². The Morgan fingerprint density at radius 1 is 1.05 bits per heavy atom. The van der Waals surface area contributed by atoms with Gasteiger partial charge in [-0.25, -0.2) is 4.79 Å². The maximum Gasteiger partial charge on any atom is 0.332 e. The average molecular weight is 557 g/mol. The minimum Gasteiger partial charge on any atom is -0.451 e. The zero-order valence-corrected chi connectivity index (χ0v) is 23.0. The second-order valence-electron chi connectivity index (χ2n) is 10.2. The van der Waals surface area contributed by atoms with E-state index < -0.39 is 47.0 Å². The van der Waals surface area contributed by atoms with Crippen molar-refractivity contribution in [3.63, 3.8) is 0 Å². The summed E-state index contributed by atoms with van der Waals surface area (Å²) >= 11 is 1.34. The Hall–Kier alpha value is -3.88. The van der Waals surface area contributed by atoms with E-state index in [0.717, 1.165) is 16.7 Å². The summed E-state index contributed by atoms with van der Waals surface area (Å²) in [4.78, 5) is 41.6. The molecule has 0 aromatic heterocycles. The van der Waals surface area contributed by atoms with Crippen molar-refractivity contribution < 1.29 is 24.2 Å². The molecular formula is C32H32N2O5S. The third kappa shape index (κ3) is 5.29. The van der Waals surface area contributed by atoms with E-state index in [2.05, 4.69) is 11.9 Å². The number of esters is 1. The minimum atomic E-state index is -1.60. The van der Waals surface area contributed by atoms with E-state index in [9.17, 15) is 19.5 Å². The fraction of sp³-hybridized carbons (Fsp3) is 0.281. The maximum absolute atomic E-state index is 14.0. The zero-order valence-electron chi connectivity index (χ0n) is 22.2. The molecule has 3 aromatic carbocycles. The fourth-order valence-electron chi connectivity index (χ4n) is 5.28. The van der Waals surface area contributed by atoms with Gasteiger partial charge in [-0.1, -0.05) is 104 Å².